The van der Waals surface area contributed by atoms with Crippen molar-refractivity contribution in [2.45, 2.75) is 25.4 Å². The second kappa shape index (κ2) is 4.22. The van der Waals surface area contributed by atoms with Crippen LogP contribution in [0.4, 0.5) is 0 Å². The number of aryl methyl sites for hydroxylation is 2. The van der Waals surface area contributed by atoms with Crippen molar-refractivity contribution in [1.29, 1.82) is 0 Å². The van der Waals surface area contributed by atoms with E-state index in [-0.39, 0.29) is 0 Å². The van der Waals surface area contributed by atoms with E-state index in [1.165, 1.54) is 16.9 Å². The van der Waals surface area contributed by atoms with Crippen molar-refractivity contribution in [2.24, 2.45) is 0 Å². The van der Waals surface area contributed by atoms with E-state index >= 15 is 0 Å². The van der Waals surface area contributed by atoms with Crippen LogP contribution in [0, 0.1) is 0 Å². The van der Waals surface area contributed by atoms with Crippen LogP contribution >= 0.6 is 11.3 Å². The monoisotopic (exact) mass is 270 g/mol. The summed E-state index contributed by atoms with van der Waals surface area (Å²) in [5.74, 6) is 0.640. The molecule has 1 unspecified atom stereocenters. The molecule has 3 heteroatoms. The number of aliphatic hydroxyl groups is 1. The van der Waals surface area contributed by atoms with Crippen molar-refractivity contribution < 1.29 is 9.52 Å². The number of hydrogen-bond donors (Lipinski definition) is 1. The topological polar surface area (TPSA) is 33.4 Å². The second-order valence-corrected chi connectivity index (χ2v) is 6.21. The Morgan fingerprint density at radius 2 is 2.05 bits per heavy atom. The van der Waals surface area contributed by atoms with E-state index in [4.69, 9.17) is 4.42 Å². The molecule has 2 aromatic heterocycles. The fourth-order valence-electron chi connectivity index (χ4n) is 2.76. The molecule has 1 N–H and O–H groups in total. The fraction of sp³-hybridized carbons (Fsp3) is 0.250. The molecule has 4 rings (SSSR count). The van der Waals surface area contributed by atoms with Gasteiger partial charge in [0.1, 0.15) is 17.4 Å². The van der Waals surface area contributed by atoms with Gasteiger partial charge < -0.3 is 9.52 Å². The van der Waals surface area contributed by atoms with Crippen LogP contribution in [0.2, 0.25) is 0 Å². The van der Waals surface area contributed by atoms with Gasteiger partial charge in [0.25, 0.3) is 0 Å². The average molecular weight is 270 g/mol. The maximum absolute atomic E-state index is 10.5. The second-order valence-electron chi connectivity index (χ2n) is 5.04. The van der Waals surface area contributed by atoms with Crippen molar-refractivity contribution >= 4 is 22.3 Å². The summed E-state index contributed by atoms with van der Waals surface area (Å²) in [5.41, 5.74) is 2.25. The van der Waals surface area contributed by atoms with Crippen LogP contribution in [0.5, 0.6) is 0 Å². The third-order valence-corrected chi connectivity index (χ3v) is 5.04. The highest BCUT2D eigenvalue weighted by Gasteiger charge is 2.22. The molecule has 1 aromatic carbocycles. The third-order valence-electron chi connectivity index (χ3n) is 3.75. The zero-order chi connectivity index (χ0) is 12.8. The van der Waals surface area contributed by atoms with Gasteiger partial charge in [-0.05, 0) is 43.0 Å². The van der Waals surface area contributed by atoms with Crippen molar-refractivity contribution in [3.05, 3.63) is 57.5 Å². The molecule has 0 bridgehead atoms. The standard InChI is InChI=1S/C16H14O2S/c17-16(15-9-11-5-3-7-14(11)19-15)13-8-10-4-1-2-6-12(10)18-13/h1-2,4,6,8-9,16-17H,3,5,7H2. The molecule has 2 nitrogen and oxygen atoms in total. The summed E-state index contributed by atoms with van der Waals surface area (Å²) in [5, 5.41) is 11.5. The molecule has 0 fully saturated rings. The minimum Gasteiger partial charge on any atom is -0.458 e. The molecule has 3 aromatic rings. The highest BCUT2D eigenvalue weighted by molar-refractivity contribution is 7.12. The SMILES string of the molecule is OC(c1cc2ccccc2o1)c1cc2c(s1)CCC2. The Bertz CT molecular complexity index is 684. The van der Waals surface area contributed by atoms with Crippen molar-refractivity contribution in [2.75, 3.05) is 0 Å². The van der Waals surface area contributed by atoms with Gasteiger partial charge in [-0.3, -0.25) is 0 Å². The van der Waals surface area contributed by atoms with Crippen LogP contribution in [0.15, 0.2) is 40.8 Å². The Kier molecular flexibility index (Phi) is 2.50. The molecule has 19 heavy (non-hydrogen) atoms. The predicted octanol–water partition coefficient (Wildman–Crippen LogP) is 4.06. The van der Waals surface area contributed by atoms with Crippen LogP contribution in [0.3, 0.4) is 0 Å². The molecule has 0 amide bonds. The van der Waals surface area contributed by atoms with Gasteiger partial charge in [-0.15, -0.1) is 11.3 Å². The maximum Gasteiger partial charge on any atom is 0.146 e. The number of aliphatic hydroxyl groups excluding tert-OH is 1. The molecule has 0 saturated carbocycles. The Morgan fingerprint density at radius 3 is 2.89 bits per heavy atom. The lowest BCUT2D eigenvalue weighted by Crippen LogP contribution is -1.94. The Morgan fingerprint density at radius 1 is 1.16 bits per heavy atom. The third kappa shape index (κ3) is 1.81. The predicted molar refractivity (Wildman–Crippen MR) is 76.6 cm³/mol. The first kappa shape index (κ1) is 11.3. The normalized spacial score (nSPS) is 15.8. The van der Waals surface area contributed by atoms with Gasteiger partial charge in [0.15, 0.2) is 0 Å². The van der Waals surface area contributed by atoms with Gasteiger partial charge in [0.05, 0.1) is 0 Å². The number of hydrogen-bond acceptors (Lipinski definition) is 3. The van der Waals surface area contributed by atoms with E-state index in [1.54, 1.807) is 11.3 Å². The summed E-state index contributed by atoms with van der Waals surface area (Å²) in [6, 6.07) is 11.9. The zero-order valence-corrected chi connectivity index (χ0v) is 11.2. The lowest BCUT2D eigenvalue weighted by atomic mass is 10.1. The summed E-state index contributed by atoms with van der Waals surface area (Å²) >= 11 is 1.72. The lowest BCUT2D eigenvalue weighted by Gasteiger charge is -2.04. The molecule has 0 saturated heterocycles. The highest BCUT2D eigenvalue weighted by Crippen LogP contribution is 2.37. The molecule has 0 radical (unpaired) electrons. The quantitative estimate of drug-likeness (QED) is 0.761. The molecule has 1 aliphatic carbocycles. The van der Waals surface area contributed by atoms with Crippen molar-refractivity contribution in [1.82, 2.24) is 0 Å². The smallest absolute Gasteiger partial charge is 0.146 e. The minimum atomic E-state index is -0.636. The zero-order valence-electron chi connectivity index (χ0n) is 10.4. The first-order chi connectivity index (χ1) is 9.31. The van der Waals surface area contributed by atoms with Crippen LogP contribution in [0.1, 0.15) is 33.6 Å². The molecule has 1 aliphatic rings. The number of furan rings is 1. The Labute approximate surface area is 115 Å². The maximum atomic E-state index is 10.5. The van der Waals surface area contributed by atoms with Crippen molar-refractivity contribution in [3.63, 3.8) is 0 Å². The first-order valence-corrected chi connectivity index (χ1v) is 7.41. The lowest BCUT2D eigenvalue weighted by molar-refractivity contribution is 0.196. The molecule has 0 spiro atoms. The summed E-state index contributed by atoms with van der Waals surface area (Å²) in [7, 11) is 0. The number of para-hydroxylation sites is 1. The largest absolute Gasteiger partial charge is 0.458 e. The van der Waals surface area contributed by atoms with Crippen LogP contribution in [0.25, 0.3) is 11.0 Å². The number of fused-ring (bicyclic) bond motifs is 2. The van der Waals surface area contributed by atoms with Gasteiger partial charge in [-0.2, -0.15) is 0 Å². The van der Waals surface area contributed by atoms with Gasteiger partial charge in [0.2, 0.25) is 0 Å². The van der Waals surface area contributed by atoms with Gasteiger partial charge in [-0.25, -0.2) is 0 Å². The van der Waals surface area contributed by atoms with Crippen molar-refractivity contribution in [3.8, 4) is 0 Å². The van der Waals surface area contributed by atoms with Crippen LogP contribution in [-0.4, -0.2) is 5.11 Å². The molecule has 1 atom stereocenters. The molecule has 96 valence electrons. The van der Waals surface area contributed by atoms with E-state index in [1.807, 2.05) is 30.3 Å². The van der Waals surface area contributed by atoms with Gasteiger partial charge in [0, 0.05) is 15.1 Å². The van der Waals surface area contributed by atoms with Gasteiger partial charge >= 0.3 is 0 Å². The summed E-state index contributed by atoms with van der Waals surface area (Å²) in [4.78, 5) is 2.44. The fourth-order valence-corrected chi connectivity index (χ4v) is 4.02. The van der Waals surface area contributed by atoms with Crippen LogP contribution < -0.4 is 0 Å². The van der Waals surface area contributed by atoms with Gasteiger partial charge in [-0.1, -0.05) is 18.2 Å². The molecule has 2 heterocycles. The Balaban J connectivity index is 1.73. The van der Waals surface area contributed by atoms with E-state index in [9.17, 15) is 5.11 Å². The first-order valence-electron chi connectivity index (χ1n) is 6.59. The Hall–Kier alpha value is -1.58. The van der Waals surface area contributed by atoms with E-state index in [2.05, 4.69) is 6.07 Å². The molecular formula is C16H14O2S. The number of benzene rings is 1. The van der Waals surface area contributed by atoms with E-state index < -0.39 is 6.10 Å². The summed E-state index contributed by atoms with van der Waals surface area (Å²) in [6.45, 7) is 0. The van der Waals surface area contributed by atoms with E-state index in [0.29, 0.717) is 5.76 Å². The summed E-state index contributed by atoms with van der Waals surface area (Å²) < 4.78 is 5.74. The molecule has 0 aliphatic heterocycles. The van der Waals surface area contributed by atoms with Crippen LogP contribution in [-0.2, 0) is 12.8 Å². The number of rotatable bonds is 2. The van der Waals surface area contributed by atoms with E-state index in [0.717, 1.165) is 28.7 Å². The average Bonchev–Trinajstić information content (AvgIpc) is 3.10. The summed E-state index contributed by atoms with van der Waals surface area (Å²) in [6.07, 6.45) is 2.93. The number of thiophene rings is 1. The minimum absolute atomic E-state index is 0.636. The molecular weight excluding hydrogens is 256 g/mol. The highest BCUT2D eigenvalue weighted by atomic mass is 32.1.